The Kier molecular flexibility index (Phi) is 5.43. The lowest BCUT2D eigenvalue weighted by Crippen LogP contribution is -2.37. The van der Waals surface area contributed by atoms with E-state index < -0.39 is 0 Å². The lowest BCUT2D eigenvalue weighted by atomic mass is 10.1. The van der Waals surface area contributed by atoms with E-state index in [-0.39, 0.29) is 24.1 Å². The van der Waals surface area contributed by atoms with Crippen molar-refractivity contribution in [1.82, 2.24) is 19.8 Å². The molecule has 1 heterocycles. The van der Waals surface area contributed by atoms with E-state index in [2.05, 4.69) is 15.2 Å². The minimum absolute atomic E-state index is 0.0500. The van der Waals surface area contributed by atoms with Crippen LogP contribution in [0.5, 0.6) is 0 Å². The van der Waals surface area contributed by atoms with Crippen LogP contribution in [0.3, 0.4) is 0 Å². The van der Waals surface area contributed by atoms with Gasteiger partial charge in [0.2, 0.25) is 5.91 Å². The third kappa shape index (κ3) is 3.97. The first kappa shape index (κ1) is 17.8. The summed E-state index contributed by atoms with van der Waals surface area (Å²) >= 11 is 0. The van der Waals surface area contributed by atoms with E-state index in [0.717, 1.165) is 5.56 Å². The van der Waals surface area contributed by atoms with Gasteiger partial charge in [0, 0.05) is 6.54 Å². The number of aromatic nitrogens is 2. The van der Waals surface area contributed by atoms with Crippen molar-refractivity contribution < 1.29 is 4.79 Å². The van der Waals surface area contributed by atoms with Crippen LogP contribution >= 0.6 is 0 Å². The topological polar surface area (TPSA) is 67.2 Å². The molecule has 0 spiro atoms. The number of carbonyl (C=O) groups excluding carboxylic acids is 1. The Bertz CT molecular complexity index is 951. The highest BCUT2D eigenvalue weighted by Crippen LogP contribution is 2.16. The molecule has 0 aliphatic heterocycles. The highest BCUT2D eigenvalue weighted by molar-refractivity contribution is 5.78. The number of nitrogens with one attached hydrogen (secondary N) is 1. The number of rotatable bonds is 6. The molecule has 2 aromatic carbocycles. The van der Waals surface area contributed by atoms with Crippen molar-refractivity contribution in [3.8, 4) is 0 Å². The number of likely N-dealkylation sites (N-methyl/N-ethyl adjacent to an activating group) is 1. The Labute approximate surface area is 152 Å². The fourth-order valence-electron chi connectivity index (χ4n) is 2.91. The molecule has 6 nitrogen and oxygen atoms in total. The number of amides is 1. The molecule has 1 aromatic heterocycles. The zero-order valence-corrected chi connectivity index (χ0v) is 14.9. The molecule has 1 atom stereocenters. The van der Waals surface area contributed by atoms with Gasteiger partial charge in [-0.2, -0.15) is 0 Å². The van der Waals surface area contributed by atoms with Crippen LogP contribution < -0.4 is 10.9 Å². The average molecular weight is 350 g/mol. The van der Waals surface area contributed by atoms with Crippen LogP contribution in [0.4, 0.5) is 0 Å². The third-order valence-corrected chi connectivity index (χ3v) is 4.35. The molecular formula is C20H22N4O2. The van der Waals surface area contributed by atoms with Gasteiger partial charge in [-0.25, -0.2) is 4.98 Å². The molecule has 3 rings (SSSR count). The molecule has 0 fully saturated rings. The molecule has 6 heteroatoms. The van der Waals surface area contributed by atoms with Gasteiger partial charge >= 0.3 is 0 Å². The molecule has 0 aliphatic carbocycles. The van der Waals surface area contributed by atoms with E-state index in [0.29, 0.717) is 17.4 Å². The predicted octanol–water partition coefficient (Wildman–Crippen LogP) is 1.82. The number of benzene rings is 2. The summed E-state index contributed by atoms with van der Waals surface area (Å²) in [5.41, 5.74) is 1.55. The van der Waals surface area contributed by atoms with Crippen LogP contribution in [0.15, 0.2) is 65.7 Å². The van der Waals surface area contributed by atoms with Gasteiger partial charge in [-0.15, -0.1) is 0 Å². The summed E-state index contributed by atoms with van der Waals surface area (Å²) in [6.07, 6.45) is 1.42. The van der Waals surface area contributed by atoms with Gasteiger partial charge in [-0.3, -0.25) is 14.2 Å². The fraction of sp³-hybridized carbons (Fsp3) is 0.250. The number of para-hydroxylation sites is 1. The molecule has 0 aliphatic rings. The number of carbonyl (C=O) groups is 1. The minimum atomic E-state index is -0.216. The van der Waals surface area contributed by atoms with Crippen LogP contribution in [0.25, 0.3) is 10.9 Å². The third-order valence-electron chi connectivity index (χ3n) is 4.35. The van der Waals surface area contributed by atoms with E-state index >= 15 is 0 Å². The van der Waals surface area contributed by atoms with Gasteiger partial charge in [0.1, 0.15) is 6.54 Å². The molecule has 1 unspecified atom stereocenters. The molecule has 3 aromatic rings. The Morgan fingerprint density at radius 1 is 1.12 bits per heavy atom. The van der Waals surface area contributed by atoms with E-state index in [1.807, 2.05) is 50.5 Å². The van der Waals surface area contributed by atoms with Crippen LogP contribution in [0.2, 0.25) is 0 Å². The summed E-state index contributed by atoms with van der Waals surface area (Å²) in [6.45, 7) is 0.414. The standard InChI is InChI=1S/C20H22N4O2/c1-23(2)18(15-8-4-3-5-9-15)12-21-19(25)13-24-14-22-17-11-7-6-10-16(17)20(24)26/h3-11,14,18H,12-13H2,1-2H3,(H,21,25). The van der Waals surface area contributed by atoms with Crippen molar-refractivity contribution in [1.29, 1.82) is 0 Å². The molecule has 1 amide bonds. The Morgan fingerprint density at radius 2 is 1.81 bits per heavy atom. The first-order chi connectivity index (χ1) is 12.6. The van der Waals surface area contributed by atoms with Crippen LogP contribution in [-0.2, 0) is 11.3 Å². The SMILES string of the molecule is CN(C)C(CNC(=O)Cn1cnc2ccccc2c1=O)c1ccccc1. The van der Waals surface area contributed by atoms with Gasteiger partial charge in [-0.1, -0.05) is 42.5 Å². The van der Waals surface area contributed by atoms with Crippen molar-refractivity contribution in [3.63, 3.8) is 0 Å². The Morgan fingerprint density at radius 3 is 2.54 bits per heavy atom. The minimum Gasteiger partial charge on any atom is -0.353 e. The first-order valence-electron chi connectivity index (χ1n) is 8.48. The number of hydrogen-bond acceptors (Lipinski definition) is 4. The van der Waals surface area contributed by atoms with Crippen molar-refractivity contribution in [2.75, 3.05) is 20.6 Å². The van der Waals surface area contributed by atoms with Gasteiger partial charge in [0.25, 0.3) is 5.56 Å². The van der Waals surface area contributed by atoms with Crippen LogP contribution in [0, 0.1) is 0 Å². The van der Waals surface area contributed by atoms with Crippen molar-refractivity contribution in [3.05, 3.63) is 76.8 Å². The summed E-state index contributed by atoms with van der Waals surface area (Å²) in [7, 11) is 3.95. The maximum atomic E-state index is 12.5. The smallest absolute Gasteiger partial charge is 0.261 e. The predicted molar refractivity (Wildman–Crippen MR) is 102 cm³/mol. The van der Waals surface area contributed by atoms with Crippen molar-refractivity contribution in [2.24, 2.45) is 0 Å². The molecule has 0 bridgehead atoms. The molecule has 0 saturated carbocycles. The first-order valence-corrected chi connectivity index (χ1v) is 8.48. The highest BCUT2D eigenvalue weighted by atomic mass is 16.2. The summed E-state index contributed by atoms with van der Waals surface area (Å²) in [6, 6.07) is 17.2. The van der Waals surface area contributed by atoms with E-state index in [4.69, 9.17) is 0 Å². The van der Waals surface area contributed by atoms with Crippen molar-refractivity contribution >= 4 is 16.8 Å². The van der Waals surface area contributed by atoms with E-state index in [1.54, 1.807) is 18.2 Å². The number of fused-ring (bicyclic) bond motifs is 1. The average Bonchev–Trinajstić information content (AvgIpc) is 2.65. The van der Waals surface area contributed by atoms with Crippen LogP contribution in [0.1, 0.15) is 11.6 Å². The monoisotopic (exact) mass is 350 g/mol. The second-order valence-corrected chi connectivity index (χ2v) is 6.39. The van der Waals surface area contributed by atoms with E-state index in [9.17, 15) is 9.59 Å². The largest absolute Gasteiger partial charge is 0.353 e. The summed E-state index contributed by atoms with van der Waals surface area (Å²) in [4.78, 5) is 31.1. The van der Waals surface area contributed by atoms with E-state index in [1.165, 1.54) is 10.9 Å². The summed E-state index contributed by atoms with van der Waals surface area (Å²) in [5, 5.41) is 3.43. The number of nitrogens with zero attached hydrogens (tertiary/aromatic N) is 3. The molecule has 26 heavy (non-hydrogen) atoms. The lowest BCUT2D eigenvalue weighted by Gasteiger charge is -2.25. The normalized spacial score (nSPS) is 12.3. The second-order valence-electron chi connectivity index (χ2n) is 6.39. The molecular weight excluding hydrogens is 328 g/mol. The summed E-state index contributed by atoms with van der Waals surface area (Å²) in [5.74, 6) is -0.216. The highest BCUT2D eigenvalue weighted by Gasteiger charge is 2.15. The quantitative estimate of drug-likeness (QED) is 0.736. The fourth-order valence-corrected chi connectivity index (χ4v) is 2.91. The maximum absolute atomic E-state index is 12.5. The van der Waals surface area contributed by atoms with Gasteiger partial charge < -0.3 is 10.2 Å². The van der Waals surface area contributed by atoms with Crippen LogP contribution in [-0.4, -0.2) is 41.0 Å². The second kappa shape index (κ2) is 7.93. The lowest BCUT2D eigenvalue weighted by molar-refractivity contribution is -0.121. The van der Waals surface area contributed by atoms with Gasteiger partial charge in [0.15, 0.2) is 0 Å². The molecule has 0 radical (unpaired) electrons. The van der Waals surface area contributed by atoms with Gasteiger partial charge in [-0.05, 0) is 31.8 Å². The molecule has 0 saturated heterocycles. The molecule has 134 valence electrons. The Hall–Kier alpha value is -2.99. The Balaban J connectivity index is 1.69. The van der Waals surface area contributed by atoms with Crippen molar-refractivity contribution in [2.45, 2.75) is 12.6 Å². The number of hydrogen-bond donors (Lipinski definition) is 1. The maximum Gasteiger partial charge on any atom is 0.261 e. The zero-order valence-electron chi connectivity index (χ0n) is 14.9. The summed E-state index contributed by atoms with van der Waals surface area (Å²) < 4.78 is 1.34. The molecule has 1 N–H and O–H groups in total. The zero-order chi connectivity index (χ0) is 18.5. The van der Waals surface area contributed by atoms with Gasteiger partial charge in [0.05, 0.1) is 23.3 Å².